The number of rotatable bonds is 7. The fourth-order valence-electron chi connectivity index (χ4n) is 1.44. The van der Waals surface area contributed by atoms with E-state index >= 15 is 0 Å². The van der Waals surface area contributed by atoms with Gasteiger partial charge in [-0.05, 0) is 13.8 Å². The summed E-state index contributed by atoms with van der Waals surface area (Å²) in [6.07, 6.45) is 0. The molecule has 0 aromatic carbocycles. The van der Waals surface area contributed by atoms with Crippen LogP contribution in [-0.2, 0) is 4.74 Å². The van der Waals surface area contributed by atoms with Crippen molar-refractivity contribution in [2.24, 2.45) is 0 Å². The van der Waals surface area contributed by atoms with Gasteiger partial charge in [0.15, 0.2) is 0 Å². The molecule has 1 aromatic rings. The Morgan fingerprint density at radius 1 is 1.44 bits per heavy atom. The van der Waals surface area contributed by atoms with Gasteiger partial charge in [0.2, 0.25) is 0 Å². The molecule has 0 aliphatic carbocycles. The predicted octanol–water partition coefficient (Wildman–Crippen LogP) is 2.91. The van der Waals surface area contributed by atoms with Crippen molar-refractivity contribution < 1.29 is 4.74 Å². The first kappa shape index (κ1) is 14.6. The van der Waals surface area contributed by atoms with Gasteiger partial charge in [-0.1, -0.05) is 26.0 Å². The summed E-state index contributed by atoms with van der Waals surface area (Å²) in [5, 5.41) is 3.25. The van der Waals surface area contributed by atoms with Crippen molar-refractivity contribution >= 4 is 5.82 Å². The molecule has 18 heavy (non-hydrogen) atoms. The van der Waals surface area contributed by atoms with Crippen molar-refractivity contribution in [2.45, 2.75) is 33.6 Å². The minimum absolute atomic E-state index is 0.338. The number of aromatic nitrogens is 2. The number of nitrogens with one attached hydrogen (secondary N) is 1. The SMILES string of the molecule is C=C(C)COCCNc1cc(C)nc(C(C)C)n1. The summed E-state index contributed by atoms with van der Waals surface area (Å²) in [4.78, 5) is 8.88. The Morgan fingerprint density at radius 2 is 2.17 bits per heavy atom. The normalized spacial score (nSPS) is 10.7. The van der Waals surface area contributed by atoms with E-state index in [1.165, 1.54) is 0 Å². The van der Waals surface area contributed by atoms with Gasteiger partial charge in [-0.15, -0.1) is 0 Å². The van der Waals surface area contributed by atoms with Crippen LogP contribution in [0.15, 0.2) is 18.2 Å². The van der Waals surface area contributed by atoms with E-state index in [2.05, 4.69) is 35.7 Å². The van der Waals surface area contributed by atoms with E-state index in [0.717, 1.165) is 29.5 Å². The van der Waals surface area contributed by atoms with Gasteiger partial charge in [0.1, 0.15) is 11.6 Å². The molecule has 1 aromatic heterocycles. The molecule has 0 aliphatic rings. The number of aryl methyl sites for hydroxylation is 1. The van der Waals surface area contributed by atoms with Crippen LogP contribution in [0.4, 0.5) is 5.82 Å². The molecule has 1 rings (SSSR count). The molecule has 1 N–H and O–H groups in total. The average molecular weight is 249 g/mol. The van der Waals surface area contributed by atoms with Crippen LogP contribution >= 0.6 is 0 Å². The zero-order chi connectivity index (χ0) is 13.5. The second-order valence-electron chi connectivity index (χ2n) is 4.84. The second kappa shape index (κ2) is 7.11. The minimum Gasteiger partial charge on any atom is -0.375 e. The van der Waals surface area contributed by atoms with E-state index in [4.69, 9.17) is 4.74 Å². The van der Waals surface area contributed by atoms with Crippen molar-refractivity contribution in [3.63, 3.8) is 0 Å². The molecule has 0 fully saturated rings. The Balaban J connectivity index is 2.44. The van der Waals surface area contributed by atoms with Crippen LogP contribution in [0.1, 0.15) is 38.2 Å². The van der Waals surface area contributed by atoms with Gasteiger partial charge in [-0.2, -0.15) is 0 Å². The average Bonchev–Trinajstić information content (AvgIpc) is 2.27. The Bertz CT molecular complexity index is 402. The highest BCUT2D eigenvalue weighted by molar-refractivity contribution is 5.36. The number of hydrogen-bond acceptors (Lipinski definition) is 4. The first-order chi connectivity index (χ1) is 8.49. The fourth-order valence-corrected chi connectivity index (χ4v) is 1.44. The van der Waals surface area contributed by atoms with E-state index in [1.807, 2.05) is 19.9 Å². The summed E-state index contributed by atoms with van der Waals surface area (Å²) in [6, 6.07) is 1.95. The van der Waals surface area contributed by atoms with Gasteiger partial charge < -0.3 is 10.1 Å². The van der Waals surface area contributed by atoms with Crippen LogP contribution in [0.5, 0.6) is 0 Å². The molecule has 0 unspecified atom stereocenters. The summed E-state index contributed by atoms with van der Waals surface area (Å²) in [6.45, 7) is 13.9. The van der Waals surface area contributed by atoms with Crippen molar-refractivity contribution in [1.29, 1.82) is 0 Å². The Hall–Kier alpha value is -1.42. The van der Waals surface area contributed by atoms with Crippen molar-refractivity contribution in [2.75, 3.05) is 25.1 Å². The van der Waals surface area contributed by atoms with E-state index in [0.29, 0.717) is 19.1 Å². The van der Waals surface area contributed by atoms with E-state index in [-0.39, 0.29) is 0 Å². The van der Waals surface area contributed by atoms with Gasteiger partial charge >= 0.3 is 0 Å². The Kier molecular flexibility index (Phi) is 5.78. The summed E-state index contributed by atoms with van der Waals surface area (Å²) in [5.74, 6) is 2.08. The molecule has 0 spiro atoms. The lowest BCUT2D eigenvalue weighted by Crippen LogP contribution is -2.12. The van der Waals surface area contributed by atoms with Crippen LogP contribution in [0.3, 0.4) is 0 Å². The van der Waals surface area contributed by atoms with Gasteiger partial charge in [0.25, 0.3) is 0 Å². The molecule has 0 radical (unpaired) electrons. The van der Waals surface area contributed by atoms with Crippen molar-refractivity contribution in [1.82, 2.24) is 9.97 Å². The zero-order valence-electron chi connectivity index (χ0n) is 11.8. The second-order valence-corrected chi connectivity index (χ2v) is 4.84. The smallest absolute Gasteiger partial charge is 0.133 e. The maximum Gasteiger partial charge on any atom is 0.133 e. The molecule has 4 heteroatoms. The summed E-state index contributed by atoms with van der Waals surface area (Å²) in [7, 11) is 0. The maximum absolute atomic E-state index is 5.42. The molecule has 100 valence electrons. The monoisotopic (exact) mass is 249 g/mol. The largest absolute Gasteiger partial charge is 0.375 e. The fraction of sp³-hybridized carbons (Fsp3) is 0.571. The van der Waals surface area contributed by atoms with Gasteiger partial charge in [0, 0.05) is 24.2 Å². The van der Waals surface area contributed by atoms with Crippen molar-refractivity contribution in [3.8, 4) is 0 Å². The number of anilines is 1. The molecule has 0 saturated carbocycles. The quantitative estimate of drug-likeness (QED) is 0.596. The highest BCUT2D eigenvalue weighted by atomic mass is 16.5. The molecule has 0 atom stereocenters. The first-order valence-electron chi connectivity index (χ1n) is 6.30. The molecular formula is C14H23N3O. The van der Waals surface area contributed by atoms with Crippen LogP contribution in [0.25, 0.3) is 0 Å². The van der Waals surface area contributed by atoms with Crippen LogP contribution in [0, 0.1) is 6.92 Å². The zero-order valence-corrected chi connectivity index (χ0v) is 11.8. The number of hydrogen-bond donors (Lipinski definition) is 1. The lowest BCUT2D eigenvalue weighted by molar-refractivity contribution is 0.167. The molecule has 0 aliphatic heterocycles. The van der Waals surface area contributed by atoms with Crippen LogP contribution < -0.4 is 5.32 Å². The Labute approximate surface area is 109 Å². The summed E-state index contributed by atoms with van der Waals surface area (Å²) in [5.41, 5.74) is 2.02. The molecule has 0 bridgehead atoms. The molecule has 1 heterocycles. The molecule has 0 saturated heterocycles. The van der Waals surface area contributed by atoms with E-state index in [9.17, 15) is 0 Å². The molecule has 0 amide bonds. The van der Waals surface area contributed by atoms with E-state index < -0.39 is 0 Å². The maximum atomic E-state index is 5.42. The highest BCUT2D eigenvalue weighted by Crippen LogP contribution is 2.13. The Morgan fingerprint density at radius 3 is 2.78 bits per heavy atom. The molecule has 4 nitrogen and oxygen atoms in total. The van der Waals surface area contributed by atoms with Crippen LogP contribution in [0.2, 0.25) is 0 Å². The molecular weight excluding hydrogens is 226 g/mol. The minimum atomic E-state index is 0.338. The third kappa shape index (κ3) is 5.27. The third-order valence-corrected chi connectivity index (χ3v) is 2.29. The predicted molar refractivity (Wildman–Crippen MR) is 75.0 cm³/mol. The van der Waals surface area contributed by atoms with Crippen molar-refractivity contribution in [3.05, 3.63) is 29.7 Å². The lowest BCUT2D eigenvalue weighted by Gasteiger charge is -2.10. The van der Waals surface area contributed by atoms with Gasteiger partial charge in [0.05, 0.1) is 13.2 Å². The highest BCUT2D eigenvalue weighted by Gasteiger charge is 2.05. The summed E-state index contributed by atoms with van der Waals surface area (Å²) >= 11 is 0. The number of nitrogens with zero attached hydrogens (tertiary/aromatic N) is 2. The third-order valence-electron chi connectivity index (χ3n) is 2.29. The number of ether oxygens (including phenoxy) is 1. The van der Waals surface area contributed by atoms with E-state index in [1.54, 1.807) is 0 Å². The van der Waals surface area contributed by atoms with Crippen LogP contribution in [-0.4, -0.2) is 29.7 Å². The topological polar surface area (TPSA) is 47.0 Å². The summed E-state index contributed by atoms with van der Waals surface area (Å²) < 4.78 is 5.42. The first-order valence-corrected chi connectivity index (χ1v) is 6.30. The standard InChI is InChI=1S/C14H23N3O/c1-10(2)9-18-7-6-15-13-8-12(5)16-14(17-13)11(3)4/h8,11H,1,6-7,9H2,2-5H3,(H,15,16,17). The lowest BCUT2D eigenvalue weighted by atomic mass is 10.2. The van der Waals surface area contributed by atoms with Gasteiger partial charge in [-0.25, -0.2) is 9.97 Å². The van der Waals surface area contributed by atoms with Gasteiger partial charge in [-0.3, -0.25) is 0 Å².